The molecular weight excluding hydrogens is 471 g/mol. The second-order valence-electron chi connectivity index (χ2n) is 10.2. The van der Waals surface area contributed by atoms with Gasteiger partial charge in [0.25, 0.3) is 0 Å². The maximum atomic E-state index is 2.44. The smallest absolute Gasteiger partial charge is 0.248 e. The highest BCUT2D eigenvalue weighted by Gasteiger charge is 2.42. The van der Waals surface area contributed by atoms with Crippen LogP contribution in [0.5, 0.6) is 0 Å². The summed E-state index contributed by atoms with van der Waals surface area (Å²) in [5, 5.41) is 0. The lowest BCUT2D eigenvalue weighted by atomic mass is 9.37. The molecule has 0 N–H and O–H groups in total. The normalized spacial score (nSPS) is 12.5. The van der Waals surface area contributed by atoms with E-state index in [1.165, 1.54) is 44.6 Å². The maximum Gasteiger partial charge on any atom is 0.248 e. The van der Waals surface area contributed by atoms with E-state index < -0.39 is 0 Å². The minimum absolute atomic E-state index is 0.190. The van der Waals surface area contributed by atoms with Gasteiger partial charge in [0.05, 0.1) is 0 Å². The summed E-state index contributed by atoms with van der Waals surface area (Å²) in [5.41, 5.74) is 13.9. The van der Waals surface area contributed by atoms with Crippen LogP contribution in [0.4, 0.5) is 34.1 Å². The van der Waals surface area contributed by atoms with Crippen molar-refractivity contribution in [2.75, 3.05) is 9.80 Å². The van der Waals surface area contributed by atoms with Crippen molar-refractivity contribution >= 4 is 57.2 Å². The van der Waals surface area contributed by atoms with Crippen LogP contribution in [0.3, 0.4) is 0 Å². The first-order valence-corrected chi connectivity index (χ1v) is 13.5. The van der Waals surface area contributed by atoms with Gasteiger partial charge in [0, 0.05) is 34.1 Å². The second-order valence-corrected chi connectivity index (χ2v) is 10.2. The molecule has 39 heavy (non-hydrogen) atoms. The minimum Gasteiger partial charge on any atom is -0.311 e. The minimum atomic E-state index is 0.190. The van der Waals surface area contributed by atoms with Gasteiger partial charge in [-0.05, 0) is 82.7 Å². The van der Waals surface area contributed by atoms with Crippen molar-refractivity contribution in [1.82, 2.24) is 0 Å². The van der Waals surface area contributed by atoms with Gasteiger partial charge < -0.3 is 9.80 Å². The molecule has 0 aliphatic carbocycles. The van der Waals surface area contributed by atoms with Crippen LogP contribution in [0, 0.1) is 0 Å². The van der Waals surface area contributed by atoms with Crippen LogP contribution >= 0.6 is 0 Å². The van der Waals surface area contributed by atoms with Crippen molar-refractivity contribution in [1.29, 1.82) is 0 Å². The van der Waals surface area contributed by atoms with Gasteiger partial charge in [0.15, 0.2) is 0 Å². The van der Waals surface area contributed by atoms with E-state index in [9.17, 15) is 0 Å². The van der Waals surface area contributed by atoms with Crippen LogP contribution in [-0.4, -0.2) is 6.71 Å². The molecule has 8 rings (SSSR count). The van der Waals surface area contributed by atoms with Crippen molar-refractivity contribution in [2.24, 2.45) is 0 Å². The van der Waals surface area contributed by atoms with Crippen molar-refractivity contribution < 1.29 is 0 Å². The Labute approximate surface area is 229 Å². The molecule has 0 saturated heterocycles. The largest absolute Gasteiger partial charge is 0.311 e. The Kier molecular flexibility index (Phi) is 4.96. The fraction of sp³-hybridized carbons (Fsp3) is 0. The maximum absolute atomic E-state index is 2.44. The number of benzene rings is 6. The standard InChI is InChI=1S/C36H25BN2/c1-4-13-26(14-5-1)38(27-15-6-2-7-16-27)29-23-24-34-33(25-29)37-32-21-11-10-19-30(32)31-20-12-22-35(36(31)37)39(34)28-17-8-3-9-18-28/h1-25H. The fourth-order valence-corrected chi connectivity index (χ4v) is 6.46. The van der Waals surface area contributed by atoms with Gasteiger partial charge in [-0.3, -0.25) is 0 Å². The van der Waals surface area contributed by atoms with Crippen molar-refractivity contribution in [2.45, 2.75) is 0 Å². The summed E-state index contributed by atoms with van der Waals surface area (Å²) in [7, 11) is 0. The molecule has 2 nitrogen and oxygen atoms in total. The van der Waals surface area contributed by atoms with Crippen molar-refractivity contribution in [3.05, 3.63) is 152 Å². The van der Waals surface area contributed by atoms with Gasteiger partial charge in [-0.2, -0.15) is 0 Å². The van der Waals surface area contributed by atoms with Crippen LogP contribution in [-0.2, 0) is 0 Å². The lowest BCUT2D eigenvalue weighted by Gasteiger charge is -2.37. The highest BCUT2D eigenvalue weighted by Crippen LogP contribution is 2.42. The topological polar surface area (TPSA) is 6.48 Å². The molecule has 0 unspecified atom stereocenters. The summed E-state index contributed by atoms with van der Waals surface area (Å²) in [4.78, 5) is 4.80. The van der Waals surface area contributed by atoms with Crippen molar-refractivity contribution in [3.8, 4) is 11.1 Å². The van der Waals surface area contributed by atoms with Gasteiger partial charge >= 0.3 is 0 Å². The molecule has 182 valence electrons. The number of hydrogen-bond acceptors (Lipinski definition) is 2. The second kappa shape index (κ2) is 8.78. The Morgan fingerprint density at radius 2 is 1.05 bits per heavy atom. The first kappa shape index (κ1) is 22.0. The molecule has 0 spiro atoms. The molecule has 0 aromatic heterocycles. The summed E-state index contributed by atoms with van der Waals surface area (Å²) >= 11 is 0. The van der Waals surface area contributed by atoms with E-state index in [0.717, 1.165) is 17.1 Å². The number of nitrogens with zero attached hydrogens (tertiary/aromatic N) is 2. The van der Waals surface area contributed by atoms with Crippen LogP contribution in [0.15, 0.2) is 152 Å². The zero-order chi connectivity index (χ0) is 25.8. The Morgan fingerprint density at radius 1 is 0.436 bits per heavy atom. The van der Waals surface area contributed by atoms with E-state index in [-0.39, 0.29) is 6.71 Å². The zero-order valence-electron chi connectivity index (χ0n) is 21.4. The van der Waals surface area contributed by atoms with Crippen LogP contribution in [0.25, 0.3) is 11.1 Å². The molecule has 2 heterocycles. The van der Waals surface area contributed by atoms with E-state index in [0.29, 0.717) is 0 Å². The first-order chi connectivity index (χ1) is 19.4. The lowest BCUT2D eigenvalue weighted by Crippen LogP contribution is -2.54. The number of rotatable bonds is 4. The monoisotopic (exact) mass is 496 g/mol. The number of anilines is 6. The quantitative estimate of drug-likeness (QED) is 0.234. The Morgan fingerprint density at radius 3 is 1.77 bits per heavy atom. The van der Waals surface area contributed by atoms with Crippen LogP contribution in [0.2, 0.25) is 0 Å². The summed E-state index contributed by atoms with van der Waals surface area (Å²) in [5.74, 6) is 0. The summed E-state index contributed by atoms with van der Waals surface area (Å²) in [6.07, 6.45) is 0. The van der Waals surface area contributed by atoms with E-state index in [2.05, 4.69) is 161 Å². The molecule has 2 aliphatic rings. The first-order valence-electron chi connectivity index (χ1n) is 13.5. The third kappa shape index (κ3) is 3.37. The molecule has 0 saturated carbocycles. The lowest BCUT2D eigenvalue weighted by molar-refractivity contribution is 1.26. The molecule has 0 atom stereocenters. The van der Waals surface area contributed by atoms with E-state index >= 15 is 0 Å². The number of para-hydroxylation sites is 3. The molecule has 6 aromatic rings. The zero-order valence-corrected chi connectivity index (χ0v) is 21.4. The predicted octanol–water partition coefficient (Wildman–Crippen LogP) is 7.44. The average Bonchev–Trinajstić information content (AvgIpc) is 3.35. The summed E-state index contributed by atoms with van der Waals surface area (Å²) in [6, 6.07) is 54.8. The SMILES string of the molecule is c1ccc(N(c2ccccc2)c2ccc3c(c2)B2c4ccccc4-c4cccc(c42)N3c2ccccc2)cc1. The van der Waals surface area contributed by atoms with Gasteiger partial charge in [-0.25, -0.2) is 0 Å². The van der Waals surface area contributed by atoms with Gasteiger partial charge in [0.1, 0.15) is 0 Å². The summed E-state index contributed by atoms with van der Waals surface area (Å²) in [6.45, 7) is 0.190. The van der Waals surface area contributed by atoms with Gasteiger partial charge in [-0.15, -0.1) is 0 Å². The molecule has 0 radical (unpaired) electrons. The highest BCUT2D eigenvalue weighted by atomic mass is 15.2. The number of fused-ring (bicyclic) bond motifs is 5. The Hall–Kier alpha value is -5.02. The van der Waals surface area contributed by atoms with Gasteiger partial charge in [-0.1, -0.05) is 96.5 Å². The third-order valence-electron chi connectivity index (χ3n) is 8.04. The molecule has 0 fully saturated rings. The highest BCUT2D eigenvalue weighted by molar-refractivity contribution is 7.01. The average molecular weight is 496 g/mol. The fourth-order valence-electron chi connectivity index (χ4n) is 6.46. The molecule has 2 aliphatic heterocycles. The van der Waals surface area contributed by atoms with Gasteiger partial charge in [0.2, 0.25) is 6.71 Å². The molecule has 0 bridgehead atoms. The predicted molar refractivity (Wildman–Crippen MR) is 166 cm³/mol. The molecule has 3 heteroatoms. The number of hydrogen-bond donors (Lipinski definition) is 0. The van der Waals surface area contributed by atoms with E-state index in [1.807, 2.05) is 0 Å². The molecule has 6 aromatic carbocycles. The van der Waals surface area contributed by atoms with Crippen LogP contribution in [0.1, 0.15) is 0 Å². The summed E-state index contributed by atoms with van der Waals surface area (Å²) < 4.78 is 0. The third-order valence-corrected chi connectivity index (χ3v) is 8.04. The Balaban J connectivity index is 1.40. The van der Waals surface area contributed by atoms with E-state index in [4.69, 9.17) is 0 Å². The van der Waals surface area contributed by atoms with Crippen LogP contribution < -0.4 is 26.2 Å². The molecular formula is C36H25BN2. The van der Waals surface area contributed by atoms with Crippen molar-refractivity contribution in [3.63, 3.8) is 0 Å². The Bertz CT molecular complexity index is 1780. The molecule has 0 amide bonds. The van der Waals surface area contributed by atoms with E-state index in [1.54, 1.807) is 0 Å².